The van der Waals surface area contributed by atoms with Gasteiger partial charge >= 0.3 is 0 Å². The molecule has 20 heavy (non-hydrogen) atoms. The van der Waals surface area contributed by atoms with Gasteiger partial charge in [0, 0.05) is 25.1 Å². The first-order chi connectivity index (χ1) is 9.38. The van der Waals surface area contributed by atoms with E-state index in [1.54, 1.807) is 19.1 Å². The van der Waals surface area contributed by atoms with Crippen molar-refractivity contribution in [3.05, 3.63) is 35.4 Å². The molecule has 1 aromatic carbocycles. The van der Waals surface area contributed by atoms with Crippen molar-refractivity contribution in [1.82, 2.24) is 10.6 Å². The molecule has 1 rings (SSSR count). The molecule has 0 heterocycles. The Labute approximate surface area is 119 Å². The van der Waals surface area contributed by atoms with Gasteiger partial charge in [-0.1, -0.05) is 12.1 Å². The molecule has 5 nitrogen and oxygen atoms in total. The van der Waals surface area contributed by atoms with E-state index in [4.69, 9.17) is 0 Å². The maximum Gasteiger partial charge on any atom is 0.251 e. The van der Waals surface area contributed by atoms with Crippen LogP contribution in [0.1, 0.15) is 43.1 Å². The van der Waals surface area contributed by atoms with E-state index in [-0.39, 0.29) is 17.9 Å². The van der Waals surface area contributed by atoms with Gasteiger partial charge in [-0.15, -0.1) is 0 Å². The summed E-state index contributed by atoms with van der Waals surface area (Å²) in [6, 6.07) is 6.99. The van der Waals surface area contributed by atoms with Crippen LogP contribution in [0.2, 0.25) is 0 Å². The van der Waals surface area contributed by atoms with Crippen LogP contribution in [0.25, 0.3) is 0 Å². The first kappa shape index (κ1) is 16.2. The lowest BCUT2D eigenvalue weighted by Gasteiger charge is -2.15. The van der Waals surface area contributed by atoms with Gasteiger partial charge in [0.15, 0.2) is 0 Å². The molecular formula is C15H22N2O3. The summed E-state index contributed by atoms with van der Waals surface area (Å²) in [6.45, 7) is 5.47. The predicted molar refractivity (Wildman–Crippen MR) is 77.2 cm³/mol. The van der Waals surface area contributed by atoms with Crippen molar-refractivity contribution in [1.29, 1.82) is 0 Å². The average molecular weight is 278 g/mol. The number of carbonyl (C=O) groups excluding carboxylic acids is 2. The smallest absolute Gasteiger partial charge is 0.251 e. The molecule has 0 fully saturated rings. The van der Waals surface area contributed by atoms with Crippen LogP contribution >= 0.6 is 0 Å². The molecule has 3 N–H and O–H groups in total. The van der Waals surface area contributed by atoms with Crippen LogP contribution in [0.5, 0.6) is 0 Å². The lowest BCUT2D eigenvalue weighted by molar-refractivity contribution is -0.119. The standard InChI is InChI=1S/C15H22N2O3/c1-10(8-11(2)18)17-15(20)14-6-4-13(5-7-14)9-16-12(3)19/h4-7,10-11,18H,8-9H2,1-3H3,(H,16,19)(H,17,20). The molecule has 110 valence electrons. The number of hydrogen-bond donors (Lipinski definition) is 3. The number of aliphatic hydroxyl groups is 1. The highest BCUT2D eigenvalue weighted by Gasteiger charge is 2.11. The van der Waals surface area contributed by atoms with Crippen molar-refractivity contribution in [2.45, 2.75) is 45.9 Å². The van der Waals surface area contributed by atoms with Crippen LogP contribution in [-0.2, 0) is 11.3 Å². The topological polar surface area (TPSA) is 78.4 Å². The van der Waals surface area contributed by atoms with E-state index < -0.39 is 6.10 Å². The Morgan fingerprint density at radius 2 is 1.80 bits per heavy atom. The minimum atomic E-state index is -0.440. The van der Waals surface area contributed by atoms with Crippen molar-refractivity contribution in [3.63, 3.8) is 0 Å². The van der Waals surface area contributed by atoms with Crippen molar-refractivity contribution in [2.75, 3.05) is 0 Å². The third-order valence-electron chi connectivity index (χ3n) is 2.83. The van der Waals surface area contributed by atoms with Gasteiger partial charge in [-0.25, -0.2) is 0 Å². The molecule has 2 unspecified atom stereocenters. The molecule has 0 spiro atoms. The number of benzene rings is 1. The van der Waals surface area contributed by atoms with Crippen LogP contribution in [0.15, 0.2) is 24.3 Å². The van der Waals surface area contributed by atoms with Crippen LogP contribution in [0.3, 0.4) is 0 Å². The summed E-state index contributed by atoms with van der Waals surface area (Å²) >= 11 is 0. The first-order valence-corrected chi connectivity index (χ1v) is 6.70. The third-order valence-corrected chi connectivity index (χ3v) is 2.83. The van der Waals surface area contributed by atoms with Gasteiger partial charge in [-0.2, -0.15) is 0 Å². The second-order valence-corrected chi connectivity index (χ2v) is 5.07. The Morgan fingerprint density at radius 3 is 2.30 bits per heavy atom. The number of nitrogens with one attached hydrogen (secondary N) is 2. The highest BCUT2D eigenvalue weighted by atomic mass is 16.3. The number of carbonyl (C=O) groups is 2. The summed E-state index contributed by atoms with van der Waals surface area (Å²) in [7, 11) is 0. The zero-order valence-electron chi connectivity index (χ0n) is 12.1. The van der Waals surface area contributed by atoms with E-state index in [1.165, 1.54) is 6.92 Å². The summed E-state index contributed by atoms with van der Waals surface area (Å²) in [4.78, 5) is 22.8. The van der Waals surface area contributed by atoms with Crippen LogP contribution in [0.4, 0.5) is 0 Å². The van der Waals surface area contributed by atoms with Gasteiger partial charge in [0.2, 0.25) is 5.91 Å². The number of aliphatic hydroxyl groups excluding tert-OH is 1. The Hall–Kier alpha value is -1.88. The summed E-state index contributed by atoms with van der Waals surface area (Å²) in [5, 5.41) is 14.8. The van der Waals surface area contributed by atoms with Gasteiger partial charge in [0.05, 0.1) is 6.10 Å². The quantitative estimate of drug-likeness (QED) is 0.732. The zero-order chi connectivity index (χ0) is 15.1. The monoisotopic (exact) mass is 278 g/mol. The molecular weight excluding hydrogens is 256 g/mol. The van der Waals surface area contributed by atoms with Crippen molar-refractivity contribution < 1.29 is 14.7 Å². The average Bonchev–Trinajstić information content (AvgIpc) is 2.35. The van der Waals surface area contributed by atoms with E-state index in [2.05, 4.69) is 10.6 Å². The molecule has 0 aliphatic carbocycles. The third kappa shape index (κ3) is 5.84. The molecule has 1 aromatic rings. The summed E-state index contributed by atoms with van der Waals surface area (Å²) in [5.74, 6) is -0.247. The van der Waals surface area contributed by atoms with E-state index in [9.17, 15) is 14.7 Å². The summed E-state index contributed by atoms with van der Waals surface area (Å²) < 4.78 is 0. The number of rotatable bonds is 6. The molecule has 0 aliphatic heterocycles. The number of amides is 2. The molecule has 0 aliphatic rings. The fourth-order valence-electron chi connectivity index (χ4n) is 1.88. The van der Waals surface area contributed by atoms with E-state index in [0.29, 0.717) is 18.5 Å². The van der Waals surface area contributed by atoms with Crippen molar-refractivity contribution in [2.24, 2.45) is 0 Å². The van der Waals surface area contributed by atoms with Gasteiger partial charge in [0.1, 0.15) is 0 Å². The lowest BCUT2D eigenvalue weighted by Crippen LogP contribution is -2.34. The Kier molecular flexibility index (Phi) is 6.18. The Bertz CT molecular complexity index is 455. The van der Waals surface area contributed by atoms with Gasteiger partial charge in [-0.3, -0.25) is 9.59 Å². The highest BCUT2D eigenvalue weighted by molar-refractivity contribution is 5.94. The maximum atomic E-state index is 12.0. The van der Waals surface area contributed by atoms with Crippen molar-refractivity contribution >= 4 is 11.8 Å². The normalized spacial score (nSPS) is 13.4. The zero-order valence-corrected chi connectivity index (χ0v) is 12.1. The van der Waals surface area contributed by atoms with Gasteiger partial charge < -0.3 is 15.7 Å². The molecule has 0 saturated carbocycles. The minimum absolute atomic E-state index is 0.0819. The first-order valence-electron chi connectivity index (χ1n) is 6.70. The fourth-order valence-corrected chi connectivity index (χ4v) is 1.88. The predicted octanol–water partition coefficient (Wildman–Crippen LogP) is 1.21. The molecule has 2 atom stereocenters. The molecule has 0 bridgehead atoms. The molecule has 5 heteroatoms. The highest BCUT2D eigenvalue weighted by Crippen LogP contribution is 2.06. The SMILES string of the molecule is CC(=O)NCc1ccc(C(=O)NC(C)CC(C)O)cc1. The summed E-state index contributed by atoms with van der Waals surface area (Å²) in [6.07, 6.45) is 0.0807. The second kappa shape index (κ2) is 7.65. The van der Waals surface area contributed by atoms with Crippen LogP contribution in [-0.4, -0.2) is 29.1 Å². The van der Waals surface area contributed by atoms with E-state index >= 15 is 0 Å². The second-order valence-electron chi connectivity index (χ2n) is 5.07. The van der Waals surface area contributed by atoms with E-state index in [0.717, 1.165) is 5.56 Å². The molecule has 0 aromatic heterocycles. The Balaban J connectivity index is 2.55. The maximum absolute atomic E-state index is 12.0. The van der Waals surface area contributed by atoms with E-state index in [1.807, 2.05) is 19.1 Å². The number of hydrogen-bond acceptors (Lipinski definition) is 3. The lowest BCUT2D eigenvalue weighted by atomic mass is 10.1. The van der Waals surface area contributed by atoms with Gasteiger partial charge in [-0.05, 0) is 38.0 Å². The minimum Gasteiger partial charge on any atom is -0.393 e. The largest absolute Gasteiger partial charge is 0.393 e. The van der Waals surface area contributed by atoms with Gasteiger partial charge in [0.25, 0.3) is 5.91 Å². The molecule has 0 saturated heterocycles. The van der Waals surface area contributed by atoms with Crippen LogP contribution < -0.4 is 10.6 Å². The fraction of sp³-hybridized carbons (Fsp3) is 0.467. The van der Waals surface area contributed by atoms with Crippen LogP contribution in [0, 0.1) is 0 Å². The molecule has 0 radical (unpaired) electrons. The van der Waals surface area contributed by atoms with Crippen molar-refractivity contribution in [3.8, 4) is 0 Å². The summed E-state index contributed by atoms with van der Waals surface area (Å²) in [5.41, 5.74) is 1.50. The Morgan fingerprint density at radius 1 is 1.20 bits per heavy atom. The molecule has 2 amide bonds.